The van der Waals surface area contributed by atoms with E-state index >= 15 is 0 Å². The van der Waals surface area contributed by atoms with Crippen LogP contribution in [0.4, 0.5) is 8.78 Å². The van der Waals surface area contributed by atoms with Crippen LogP contribution >= 0.6 is 0 Å². The van der Waals surface area contributed by atoms with Crippen molar-refractivity contribution < 1.29 is 27.9 Å². The molecule has 2 N–H and O–H groups in total. The maximum atomic E-state index is 13.7. The van der Waals surface area contributed by atoms with Crippen molar-refractivity contribution in [3.8, 4) is 11.8 Å². The summed E-state index contributed by atoms with van der Waals surface area (Å²) in [5, 5.41) is 22.5. The quantitative estimate of drug-likeness (QED) is 0.297. The van der Waals surface area contributed by atoms with Crippen LogP contribution in [0.15, 0.2) is 42.9 Å². The van der Waals surface area contributed by atoms with Gasteiger partial charge in [0.2, 0.25) is 11.8 Å². The number of aromatic nitrogens is 4. The van der Waals surface area contributed by atoms with Crippen LogP contribution in [0, 0.1) is 11.3 Å². The Bertz CT molecular complexity index is 1410. The Balaban J connectivity index is 1.23. The standard InChI is InChI=1S/C27H30F2N8O4/c28-27(29)15-19(16-30)37(18-27)24(39)17-33-26(40)21-8-10-32-25-20(21)5-3-6-22(25)41-14-4-9-31-23(38)7-1-2-12-36-13-11-34-35-36/h3,5-6,8,10-11,13,19H,1-2,4,7,9,12,14-15,17-18H2,(H,31,38)(H,33,40)/t19-/m0/s1. The van der Waals surface area contributed by atoms with E-state index in [1.165, 1.54) is 12.3 Å². The largest absolute Gasteiger partial charge is 0.491 e. The number of pyridine rings is 1. The number of carbonyl (C=O) groups excluding carboxylic acids is 3. The van der Waals surface area contributed by atoms with Gasteiger partial charge in [-0.05, 0) is 31.4 Å². The van der Waals surface area contributed by atoms with E-state index in [-0.39, 0.29) is 11.5 Å². The molecule has 3 aromatic rings. The minimum atomic E-state index is -3.14. The second-order valence-electron chi connectivity index (χ2n) is 9.60. The number of nitriles is 1. The number of ether oxygens (including phenoxy) is 1. The van der Waals surface area contributed by atoms with Gasteiger partial charge in [-0.1, -0.05) is 17.3 Å². The summed E-state index contributed by atoms with van der Waals surface area (Å²) < 4.78 is 34.9. The Morgan fingerprint density at radius 3 is 2.78 bits per heavy atom. The van der Waals surface area contributed by atoms with Gasteiger partial charge in [0, 0.05) is 43.7 Å². The fourth-order valence-electron chi connectivity index (χ4n) is 4.49. The first kappa shape index (κ1) is 29.3. The molecule has 1 atom stereocenters. The summed E-state index contributed by atoms with van der Waals surface area (Å²) >= 11 is 0. The Hall–Kier alpha value is -4.67. The van der Waals surface area contributed by atoms with E-state index in [1.54, 1.807) is 41.3 Å². The highest BCUT2D eigenvalue weighted by Crippen LogP contribution is 2.31. The van der Waals surface area contributed by atoms with Gasteiger partial charge in [-0.3, -0.25) is 24.0 Å². The molecule has 4 rings (SSSR count). The molecule has 0 radical (unpaired) electrons. The van der Waals surface area contributed by atoms with Crippen LogP contribution in [0.2, 0.25) is 0 Å². The van der Waals surface area contributed by atoms with E-state index in [0.29, 0.717) is 49.2 Å². The van der Waals surface area contributed by atoms with Gasteiger partial charge < -0.3 is 20.3 Å². The predicted octanol–water partition coefficient (Wildman–Crippen LogP) is 2.07. The lowest BCUT2D eigenvalue weighted by atomic mass is 10.1. The summed E-state index contributed by atoms with van der Waals surface area (Å²) in [5.41, 5.74) is 0.666. The Kier molecular flexibility index (Phi) is 9.73. The van der Waals surface area contributed by atoms with Crippen molar-refractivity contribution in [2.75, 3.05) is 26.2 Å². The number of para-hydroxylation sites is 1. The monoisotopic (exact) mass is 568 g/mol. The number of aryl methyl sites for hydroxylation is 1. The Morgan fingerprint density at radius 1 is 1.15 bits per heavy atom. The number of carbonyl (C=O) groups is 3. The average Bonchev–Trinajstić information content (AvgIpc) is 3.60. The number of alkyl halides is 2. The zero-order chi connectivity index (χ0) is 29.2. The second-order valence-corrected chi connectivity index (χ2v) is 9.60. The molecule has 1 aromatic carbocycles. The lowest BCUT2D eigenvalue weighted by Gasteiger charge is -2.19. The Labute approximate surface area is 234 Å². The molecule has 0 unspecified atom stereocenters. The summed E-state index contributed by atoms with van der Waals surface area (Å²) in [6, 6.07) is 7.05. The summed E-state index contributed by atoms with van der Waals surface area (Å²) in [6.07, 6.45) is 6.64. The van der Waals surface area contributed by atoms with Gasteiger partial charge >= 0.3 is 0 Å². The highest BCUT2D eigenvalue weighted by Gasteiger charge is 2.47. The third-order valence-corrected chi connectivity index (χ3v) is 6.53. The number of unbranched alkanes of at least 4 members (excludes halogenated alkanes) is 1. The van der Waals surface area contributed by atoms with Crippen LogP contribution in [0.5, 0.6) is 5.75 Å². The number of nitrogens with zero attached hydrogens (tertiary/aromatic N) is 6. The zero-order valence-electron chi connectivity index (χ0n) is 22.3. The van der Waals surface area contributed by atoms with Crippen molar-refractivity contribution in [2.45, 2.75) is 50.6 Å². The lowest BCUT2D eigenvalue weighted by molar-refractivity contribution is -0.131. The third kappa shape index (κ3) is 7.93. The molecule has 1 saturated heterocycles. The number of benzene rings is 1. The molecule has 0 spiro atoms. The lowest BCUT2D eigenvalue weighted by Crippen LogP contribution is -2.43. The number of likely N-dealkylation sites (tertiary alicyclic amines) is 1. The molecule has 0 bridgehead atoms. The van der Waals surface area contributed by atoms with Crippen LogP contribution in [0.25, 0.3) is 10.9 Å². The van der Waals surface area contributed by atoms with Crippen LogP contribution in [-0.4, -0.2) is 80.8 Å². The Morgan fingerprint density at radius 2 is 2.00 bits per heavy atom. The van der Waals surface area contributed by atoms with Crippen LogP contribution < -0.4 is 15.4 Å². The summed E-state index contributed by atoms with van der Waals surface area (Å²) in [4.78, 5) is 42.5. The molecular weight excluding hydrogens is 538 g/mol. The van der Waals surface area contributed by atoms with Gasteiger partial charge in [0.15, 0.2) is 0 Å². The van der Waals surface area contributed by atoms with Crippen molar-refractivity contribution in [3.63, 3.8) is 0 Å². The van der Waals surface area contributed by atoms with Gasteiger partial charge in [-0.2, -0.15) is 5.26 Å². The molecule has 2 aromatic heterocycles. The van der Waals surface area contributed by atoms with Crippen LogP contribution in [-0.2, 0) is 16.1 Å². The van der Waals surface area contributed by atoms with E-state index in [2.05, 4.69) is 25.9 Å². The summed E-state index contributed by atoms with van der Waals surface area (Å²) in [6.45, 7) is 0.0782. The fourth-order valence-corrected chi connectivity index (χ4v) is 4.49. The SMILES string of the molecule is N#C[C@@H]1CC(F)(F)CN1C(=O)CNC(=O)c1ccnc2c(OCCCNC(=O)CCCCn3ccnn3)cccc12. The molecule has 1 aliphatic rings. The van der Waals surface area contributed by atoms with Gasteiger partial charge in [-0.15, -0.1) is 5.10 Å². The van der Waals surface area contributed by atoms with Gasteiger partial charge in [-0.25, -0.2) is 8.78 Å². The maximum absolute atomic E-state index is 13.7. The number of fused-ring (bicyclic) bond motifs is 1. The number of nitrogens with one attached hydrogen (secondary N) is 2. The normalized spacial score (nSPS) is 15.8. The van der Waals surface area contributed by atoms with Gasteiger partial charge in [0.1, 0.15) is 17.3 Å². The van der Waals surface area contributed by atoms with E-state index in [4.69, 9.17) is 10.00 Å². The average molecular weight is 569 g/mol. The van der Waals surface area contributed by atoms with Crippen molar-refractivity contribution in [2.24, 2.45) is 0 Å². The van der Waals surface area contributed by atoms with Crippen molar-refractivity contribution in [3.05, 3.63) is 48.4 Å². The first-order valence-corrected chi connectivity index (χ1v) is 13.2. The topological polar surface area (TPSA) is 155 Å². The number of hydrogen-bond donors (Lipinski definition) is 2. The maximum Gasteiger partial charge on any atom is 0.268 e. The van der Waals surface area contributed by atoms with Gasteiger partial charge in [0.25, 0.3) is 11.8 Å². The first-order chi connectivity index (χ1) is 19.8. The van der Waals surface area contributed by atoms with Crippen LogP contribution in [0.3, 0.4) is 0 Å². The van der Waals surface area contributed by atoms with E-state index in [0.717, 1.165) is 17.7 Å². The molecule has 0 saturated carbocycles. The minimum absolute atomic E-state index is 0.0360. The van der Waals surface area contributed by atoms with Crippen molar-refractivity contribution in [1.29, 1.82) is 5.26 Å². The van der Waals surface area contributed by atoms with E-state index in [1.807, 2.05) is 0 Å². The molecule has 0 aliphatic carbocycles. The fraction of sp³-hybridized carbons (Fsp3) is 0.444. The first-order valence-electron chi connectivity index (χ1n) is 13.2. The molecule has 216 valence electrons. The third-order valence-electron chi connectivity index (χ3n) is 6.53. The molecule has 41 heavy (non-hydrogen) atoms. The predicted molar refractivity (Wildman–Crippen MR) is 142 cm³/mol. The molecule has 1 fully saturated rings. The minimum Gasteiger partial charge on any atom is -0.491 e. The molecular formula is C27H30F2N8O4. The second kappa shape index (κ2) is 13.6. The molecule has 1 aliphatic heterocycles. The molecule has 14 heteroatoms. The molecule has 12 nitrogen and oxygen atoms in total. The highest BCUT2D eigenvalue weighted by molar-refractivity contribution is 6.07. The van der Waals surface area contributed by atoms with Crippen LogP contribution in [0.1, 0.15) is 42.5 Å². The van der Waals surface area contributed by atoms with Gasteiger partial charge in [0.05, 0.1) is 37.5 Å². The van der Waals surface area contributed by atoms with E-state index in [9.17, 15) is 23.2 Å². The number of hydrogen-bond acceptors (Lipinski definition) is 8. The van der Waals surface area contributed by atoms with E-state index < -0.39 is 43.3 Å². The van der Waals surface area contributed by atoms with Crippen molar-refractivity contribution in [1.82, 2.24) is 35.5 Å². The number of rotatable bonds is 13. The molecule has 3 heterocycles. The smallest absolute Gasteiger partial charge is 0.268 e. The number of halogens is 2. The van der Waals surface area contributed by atoms with Crippen molar-refractivity contribution >= 4 is 28.6 Å². The number of amides is 3. The highest BCUT2D eigenvalue weighted by atomic mass is 19.3. The molecule has 3 amide bonds. The summed E-state index contributed by atoms with van der Waals surface area (Å²) in [5.74, 6) is -4.08. The summed E-state index contributed by atoms with van der Waals surface area (Å²) in [7, 11) is 0. The zero-order valence-corrected chi connectivity index (χ0v) is 22.3.